The maximum atomic E-state index is 10.9. The van der Waals surface area contributed by atoms with E-state index in [4.69, 9.17) is 5.11 Å². The predicted octanol–water partition coefficient (Wildman–Crippen LogP) is 1.25. The van der Waals surface area contributed by atoms with Gasteiger partial charge in [0.15, 0.2) is 5.52 Å². The molecule has 0 saturated heterocycles. The van der Waals surface area contributed by atoms with Crippen molar-refractivity contribution in [3.63, 3.8) is 0 Å². The maximum Gasteiger partial charge on any atom is 0.399 e. The molecule has 7 heteroatoms. The van der Waals surface area contributed by atoms with Gasteiger partial charge in [0.05, 0.1) is 0 Å². The fraction of sp³-hybridized carbons (Fsp3) is 0.111. The van der Waals surface area contributed by atoms with Crippen LogP contribution in [0.15, 0.2) is 18.3 Å². The largest absolute Gasteiger partial charge is 0.474 e. The molecule has 2 rings (SSSR count). The minimum Gasteiger partial charge on any atom is -0.474 e. The first-order chi connectivity index (χ1) is 7.52. The Morgan fingerprint density at radius 1 is 1.62 bits per heavy atom. The van der Waals surface area contributed by atoms with E-state index in [0.717, 1.165) is 0 Å². The summed E-state index contributed by atoms with van der Waals surface area (Å²) in [5.41, 5.74) is 0.819. The molecular weight excluding hydrogens is 214 g/mol. The van der Waals surface area contributed by atoms with Gasteiger partial charge < -0.3 is 15.2 Å². The summed E-state index contributed by atoms with van der Waals surface area (Å²) >= 11 is 0. The smallest absolute Gasteiger partial charge is 0.399 e. The van der Waals surface area contributed by atoms with Gasteiger partial charge in [-0.05, 0) is 28.5 Å². The highest BCUT2D eigenvalue weighted by Crippen LogP contribution is 2.23. The number of nitrogens with zero attached hydrogens (tertiary/aromatic N) is 3. The van der Waals surface area contributed by atoms with Gasteiger partial charge in [0.1, 0.15) is 0 Å². The number of imidazole rings is 1. The first kappa shape index (κ1) is 10.1. The molecule has 0 bridgehead atoms. The lowest BCUT2D eigenvalue weighted by molar-refractivity contribution is -0.387. The number of fused-ring (bicyclic) bond motifs is 1. The van der Waals surface area contributed by atoms with Gasteiger partial charge in [0.25, 0.3) is 0 Å². The summed E-state index contributed by atoms with van der Waals surface area (Å²) in [4.78, 5) is 24.4. The number of aromatic carboxylic acids is 1. The Kier molecular flexibility index (Phi) is 2.08. The van der Waals surface area contributed by atoms with E-state index in [0.29, 0.717) is 5.56 Å². The predicted molar refractivity (Wildman–Crippen MR) is 53.5 cm³/mol. The van der Waals surface area contributed by atoms with Gasteiger partial charge in [0.2, 0.25) is 0 Å². The molecule has 0 unspecified atom stereocenters. The molecule has 0 saturated carbocycles. The minimum absolute atomic E-state index is 0.213. The molecule has 1 N–H and O–H groups in total. The molecule has 0 aromatic carbocycles. The van der Waals surface area contributed by atoms with Crippen LogP contribution in [0, 0.1) is 17.0 Å². The van der Waals surface area contributed by atoms with Crippen molar-refractivity contribution in [3.05, 3.63) is 39.8 Å². The number of carbonyl (C=O) groups is 1. The SMILES string of the molecule is Cc1cccn2c(C(=O)O)nc([N+](=O)[O-])c12. The molecule has 82 valence electrons. The third kappa shape index (κ3) is 1.29. The molecule has 0 amide bonds. The van der Waals surface area contributed by atoms with Crippen LogP contribution in [0.25, 0.3) is 5.52 Å². The summed E-state index contributed by atoms with van der Waals surface area (Å²) in [5, 5.41) is 19.6. The van der Waals surface area contributed by atoms with Crippen LogP contribution in [0.1, 0.15) is 16.2 Å². The number of rotatable bonds is 2. The van der Waals surface area contributed by atoms with Crippen molar-refractivity contribution < 1.29 is 14.8 Å². The zero-order valence-electron chi connectivity index (χ0n) is 8.25. The van der Waals surface area contributed by atoms with Crippen molar-refractivity contribution >= 4 is 17.3 Å². The molecule has 0 aliphatic rings. The standard InChI is InChI=1S/C9H7N3O4/c1-5-3-2-4-11-6(5)7(12(15)16)10-8(11)9(13)14/h2-4H,1H3,(H,13,14). The van der Waals surface area contributed by atoms with Crippen LogP contribution in [0.5, 0.6) is 0 Å². The fourth-order valence-electron chi connectivity index (χ4n) is 1.56. The Hall–Kier alpha value is -2.44. The highest BCUT2D eigenvalue weighted by Gasteiger charge is 2.27. The number of aromatic nitrogens is 2. The van der Waals surface area contributed by atoms with Crippen LogP contribution < -0.4 is 0 Å². The number of nitro groups is 1. The van der Waals surface area contributed by atoms with Crippen LogP contribution in [0.4, 0.5) is 5.82 Å². The third-order valence-corrected chi connectivity index (χ3v) is 2.21. The van der Waals surface area contributed by atoms with Crippen LogP contribution in [-0.2, 0) is 0 Å². The van der Waals surface area contributed by atoms with Gasteiger partial charge in [0, 0.05) is 6.20 Å². The summed E-state index contributed by atoms with van der Waals surface area (Å²) in [6.07, 6.45) is 1.44. The lowest BCUT2D eigenvalue weighted by atomic mass is 10.2. The molecule has 0 atom stereocenters. The summed E-state index contributed by atoms with van der Waals surface area (Å²) in [6, 6.07) is 3.27. The molecule has 0 aliphatic heterocycles. The number of carboxylic acid groups (broad SMARTS) is 1. The van der Waals surface area contributed by atoms with E-state index in [1.807, 2.05) is 0 Å². The first-order valence-electron chi connectivity index (χ1n) is 4.37. The lowest BCUT2D eigenvalue weighted by Gasteiger charge is -1.97. The van der Waals surface area contributed by atoms with E-state index in [9.17, 15) is 14.9 Å². The van der Waals surface area contributed by atoms with Crippen molar-refractivity contribution in [2.45, 2.75) is 6.92 Å². The molecule has 2 aromatic rings. The molecule has 2 aromatic heterocycles. The van der Waals surface area contributed by atoms with E-state index >= 15 is 0 Å². The second kappa shape index (κ2) is 3.30. The quantitative estimate of drug-likeness (QED) is 0.607. The Bertz CT molecular complexity index is 602. The molecular formula is C9H7N3O4. The summed E-state index contributed by atoms with van der Waals surface area (Å²) in [5.74, 6) is -2.09. The van der Waals surface area contributed by atoms with Crippen LogP contribution >= 0.6 is 0 Å². The second-order valence-electron chi connectivity index (χ2n) is 3.23. The zero-order valence-corrected chi connectivity index (χ0v) is 8.25. The number of aryl methyl sites for hydroxylation is 1. The van der Waals surface area contributed by atoms with Crippen LogP contribution in [0.2, 0.25) is 0 Å². The zero-order chi connectivity index (χ0) is 11.9. The average Bonchev–Trinajstić information content (AvgIpc) is 2.58. The van der Waals surface area contributed by atoms with Crippen molar-refractivity contribution in [2.24, 2.45) is 0 Å². The summed E-state index contributed by atoms with van der Waals surface area (Å²) in [7, 11) is 0. The van der Waals surface area contributed by atoms with E-state index in [1.165, 1.54) is 10.6 Å². The molecule has 2 heterocycles. The van der Waals surface area contributed by atoms with Crippen molar-refractivity contribution in [1.29, 1.82) is 0 Å². The lowest BCUT2D eigenvalue weighted by Crippen LogP contribution is -2.03. The fourth-order valence-corrected chi connectivity index (χ4v) is 1.56. The summed E-state index contributed by atoms with van der Waals surface area (Å²) < 4.78 is 1.20. The van der Waals surface area contributed by atoms with Crippen LogP contribution in [0.3, 0.4) is 0 Å². The summed E-state index contributed by atoms with van der Waals surface area (Å²) in [6.45, 7) is 1.66. The first-order valence-corrected chi connectivity index (χ1v) is 4.37. The second-order valence-corrected chi connectivity index (χ2v) is 3.23. The molecule has 0 spiro atoms. The van der Waals surface area contributed by atoms with Gasteiger partial charge in [-0.25, -0.2) is 4.79 Å². The van der Waals surface area contributed by atoms with Crippen molar-refractivity contribution in [1.82, 2.24) is 9.38 Å². The van der Waals surface area contributed by atoms with E-state index < -0.39 is 16.7 Å². The van der Waals surface area contributed by atoms with E-state index in [2.05, 4.69) is 4.98 Å². The highest BCUT2D eigenvalue weighted by atomic mass is 16.6. The minimum atomic E-state index is -1.30. The topological polar surface area (TPSA) is 97.7 Å². The van der Waals surface area contributed by atoms with Gasteiger partial charge in [-0.2, -0.15) is 0 Å². The number of pyridine rings is 1. The molecule has 0 aliphatic carbocycles. The monoisotopic (exact) mass is 221 g/mol. The molecule has 16 heavy (non-hydrogen) atoms. The average molecular weight is 221 g/mol. The van der Waals surface area contributed by atoms with E-state index in [-0.39, 0.29) is 11.3 Å². The number of carboxylic acids is 1. The van der Waals surface area contributed by atoms with Gasteiger partial charge in [-0.1, -0.05) is 6.07 Å². The highest BCUT2D eigenvalue weighted by molar-refractivity contribution is 5.87. The van der Waals surface area contributed by atoms with Crippen molar-refractivity contribution in [2.75, 3.05) is 0 Å². The molecule has 0 fully saturated rings. The molecule has 0 radical (unpaired) electrons. The number of hydrogen-bond acceptors (Lipinski definition) is 4. The Morgan fingerprint density at radius 3 is 2.88 bits per heavy atom. The van der Waals surface area contributed by atoms with Gasteiger partial charge in [-0.15, -0.1) is 0 Å². The Morgan fingerprint density at radius 2 is 2.31 bits per heavy atom. The van der Waals surface area contributed by atoms with Gasteiger partial charge in [-0.3, -0.25) is 4.40 Å². The normalized spacial score (nSPS) is 10.6. The Balaban J connectivity index is 2.93. The van der Waals surface area contributed by atoms with Crippen LogP contribution in [-0.4, -0.2) is 25.4 Å². The van der Waals surface area contributed by atoms with E-state index in [1.54, 1.807) is 19.1 Å². The van der Waals surface area contributed by atoms with Crippen molar-refractivity contribution in [3.8, 4) is 0 Å². The maximum absolute atomic E-state index is 10.9. The third-order valence-electron chi connectivity index (χ3n) is 2.21. The molecule has 7 nitrogen and oxygen atoms in total. The van der Waals surface area contributed by atoms with Gasteiger partial charge >= 0.3 is 17.6 Å². The number of hydrogen-bond donors (Lipinski definition) is 1. The Labute approximate surface area is 89.1 Å².